The first kappa shape index (κ1) is 8.66. The van der Waals surface area contributed by atoms with Gasteiger partial charge in [-0.25, -0.2) is 0 Å². The molecule has 16 heavy (non-hydrogen) atoms. The van der Waals surface area contributed by atoms with Crippen LogP contribution in [0.1, 0.15) is 2.74 Å². The molecule has 0 spiro atoms. The summed E-state index contributed by atoms with van der Waals surface area (Å²) in [6.45, 7) is 0. The fourth-order valence-electron chi connectivity index (χ4n) is 1.39. The first-order valence-corrected chi connectivity index (χ1v) is 4.88. The molecule has 2 rings (SSSR count). The van der Waals surface area contributed by atoms with Crippen molar-refractivity contribution in [1.82, 2.24) is 0 Å². The molecule has 0 aliphatic heterocycles. The van der Waals surface area contributed by atoms with Crippen molar-refractivity contribution in [3.8, 4) is 0 Å². The van der Waals surface area contributed by atoms with Crippen molar-refractivity contribution in [3.63, 3.8) is 0 Å². The number of hydrogen-bond acceptors (Lipinski definition) is 4. The van der Waals surface area contributed by atoms with Crippen LogP contribution in [0.4, 0.5) is 0 Å². The van der Waals surface area contributed by atoms with Crippen LogP contribution in [0, 0.1) is 0 Å². The minimum absolute atomic E-state index is 0.182. The quantitative estimate of drug-likeness (QED) is 0.421. The van der Waals surface area contributed by atoms with Crippen molar-refractivity contribution in [3.05, 3.63) is 59.7 Å². The average Bonchev–Trinajstić information content (AvgIpc) is 2.17. The fourth-order valence-corrected chi connectivity index (χ4v) is 1.39. The summed E-state index contributed by atoms with van der Waals surface area (Å²) in [5.74, 6) is 0. The van der Waals surface area contributed by atoms with E-state index in [1.165, 1.54) is 12.2 Å². The zero-order valence-electron chi connectivity index (χ0n) is 10.8. The summed E-state index contributed by atoms with van der Waals surface area (Å²) in [7, 11) is 0. The second-order valence-corrected chi connectivity index (χ2v) is 4.07. The molecule has 0 aromatic carbocycles. The van der Waals surface area contributed by atoms with Gasteiger partial charge < -0.3 is 22.9 Å². The fraction of sp³-hybridized carbons (Fsp3) is 0.167. The molecular formula is C12H16N4. The zero-order valence-corrected chi connectivity index (χ0v) is 8.77. The monoisotopic (exact) mass is 218 g/mol. The first-order valence-electron chi connectivity index (χ1n) is 5.88. The highest BCUT2D eigenvalue weighted by Gasteiger charge is 2.17. The van der Waals surface area contributed by atoms with Crippen LogP contribution in [0.2, 0.25) is 0 Å². The normalized spacial score (nSPS) is 32.8. The highest BCUT2D eigenvalue weighted by molar-refractivity contribution is 5.53. The van der Waals surface area contributed by atoms with Crippen LogP contribution in [-0.4, -0.2) is 11.3 Å². The Labute approximate surface area is 97.5 Å². The molecule has 0 radical (unpaired) electrons. The maximum atomic E-state index is 7.90. The highest BCUT2D eigenvalue weighted by Crippen LogP contribution is 2.21. The lowest BCUT2D eigenvalue weighted by Gasteiger charge is -2.22. The van der Waals surface area contributed by atoms with Gasteiger partial charge in [0.05, 0.1) is 2.74 Å². The Morgan fingerprint density at radius 3 is 1.44 bits per heavy atom. The first-order chi connectivity index (χ1) is 8.20. The third-order valence-electron chi connectivity index (χ3n) is 2.32. The molecule has 2 aliphatic carbocycles. The maximum Gasteiger partial charge on any atom is 0.103 e. The minimum Gasteiger partial charge on any atom is -0.307 e. The zero-order chi connectivity index (χ0) is 13.6. The van der Waals surface area contributed by atoms with Crippen LogP contribution in [-0.2, 0) is 0 Å². The highest BCUT2D eigenvalue weighted by atomic mass is 14.9. The summed E-state index contributed by atoms with van der Waals surface area (Å²) in [4.78, 5) is 0. The molecular weight excluding hydrogens is 200 g/mol. The van der Waals surface area contributed by atoms with Crippen LogP contribution < -0.4 is 22.9 Å². The van der Waals surface area contributed by atoms with E-state index >= 15 is 0 Å². The average molecular weight is 218 g/mol. The molecule has 0 unspecified atom stereocenters. The lowest BCUT2D eigenvalue weighted by Crippen LogP contribution is -2.46. The van der Waals surface area contributed by atoms with Gasteiger partial charge in [-0.15, -0.1) is 0 Å². The Morgan fingerprint density at radius 1 is 0.750 bits per heavy atom. The van der Waals surface area contributed by atoms with Gasteiger partial charge in [-0.1, -0.05) is 24.3 Å². The molecule has 84 valence electrons. The van der Waals surface area contributed by atoms with Crippen molar-refractivity contribution >= 4 is 0 Å². The van der Waals surface area contributed by atoms with Crippen molar-refractivity contribution < 1.29 is 2.74 Å². The lowest BCUT2D eigenvalue weighted by atomic mass is 9.94. The molecule has 8 N–H and O–H groups in total. The minimum atomic E-state index is -1.11. The number of allylic oxidation sites excluding steroid dienone is 6. The van der Waals surface area contributed by atoms with Gasteiger partial charge in [0, 0.05) is 0 Å². The summed E-state index contributed by atoms with van der Waals surface area (Å²) in [6, 6.07) is 0.365. The van der Waals surface area contributed by atoms with E-state index in [0.717, 1.165) is 0 Å². The molecule has 2 aliphatic rings. The van der Waals surface area contributed by atoms with Crippen LogP contribution in [0.25, 0.3) is 0 Å². The van der Waals surface area contributed by atoms with E-state index in [4.69, 9.17) is 25.7 Å². The summed E-state index contributed by atoms with van der Waals surface area (Å²) in [6.07, 6.45) is 9.32. The topological polar surface area (TPSA) is 104 Å². The van der Waals surface area contributed by atoms with Gasteiger partial charge in [0.25, 0.3) is 0 Å². The van der Waals surface area contributed by atoms with E-state index in [9.17, 15) is 0 Å². The third kappa shape index (κ3) is 2.37. The molecule has 0 aromatic rings. The van der Waals surface area contributed by atoms with Crippen LogP contribution >= 0.6 is 0 Å². The largest absolute Gasteiger partial charge is 0.307 e. The van der Waals surface area contributed by atoms with Crippen LogP contribution in [0.15, 0.2) is 59.7 Å². The van der Waals surface area contributed by atoms with Gasteiger partial charge in [0.2, 0.25) is 0 Å². The molecule has 0 bridgehead atoms. The van der Waals surface area contributed by atoms with Gasteiger partial charge in [-0.3, -0.25) is 0 Å². The molecule has 0 saturated carbocycles. The van der Waals surface area contributed by atoms with E-state index in [1.807, 2.05) is 0 Å². The summed E-state index contributed by atoms with van der Waals surface area (Å²) in [5.41, 5.74) is 21.7. The van der Waals surface area contributed by atoms with Crippen LogP contribution in [0.5, 0.6) is 0 Å². The molecule has 0 heterocycles. The van der Waals surface area contributed by atoms with E-state index < -0.39 is 11.3 Å². The van der Waals surface area contributed by atoms with Gasteiger partial charge >= 0.3 is 0 Å². The lowest BCUT2D eigenvalue weighted by molar-refractivity contribution is 0.685. The smallest absolute Gasteiger partial charge is 0.103 e. The van der Waals surface area contributed by atoms with Crippen molar-refractivity contribution in [2.45, 2.75) is 11.3 Å². The summed E-state index contributed by atoms with van der Waals surface area (Å²) >= 11 is 0. The van der Waals surface area contributed by atoms with Gasteiger partial charge in [-0.2, -0.15) is 0 Å². The summed E-state index contributed by atoms with van der Waals surface area (Å²) in [5, 5.41) is 0. The predicted octanol–water partition coefficient (Wildman–Crippen LogP) is -0.238. The molecule has 0 atom stereocenters. The van der Waals surface area contributed by atoms with E-state index in [0.29, 0.717) is 11.1 Å². The molecule has 4 nitrogen and oxygen atoms in total. The second kappa shape index (κ2) is 3.54. The number of nitrogens with two attached hydrogens (primary N) is 4. The van der Waals surface area contributed by atoms with E-state index in [1.54, 1.807) is 24.3 Å². The maximum absolute atomic E-state index is 7.90. The third-order valence-corrected chi connectivity index (χ3v) is 2.32. The molecule has 0 amide bonds. The number of rotatable bonds is 0. The second-order valence-electron chi connectivity index (χ2n) is 4.07. The Kier molecular flexibility index (Phi) is 1.91. The van der Waals surface area contributed by atoms with Gasteiger partial charge in [0.1, 0.15) is 11.3 Å². The van der Waals surface area contributed by atoms with Crippen molar-refractivity contribution in [2.75, 3.05) is 0 Å². The Hall–Kier alpha value is -1.46. The molecule has 0 saturated heterocycles. The molecule has 0 aromatic heterocycles. The Bertz CT molecular complexity index is 488. The number of hydrogen-bond donors (Lipinski definition) is 4. The van der Waals surface area contributed by atoms with Crippen molar-refractivity contribution in [2.24, 2.45) is 22.9 Å². The SMILES string of the molecule is [2H]C1=CC(N)(N)C=CC1=C1C=CC(N)(N)C=C1[2H]. The summed E-state index contributed by atoms with van der Waals surface area (Å²) < 4.78 is 15.8. The standard InChI is InChI=1S/C12H16N4/c13-11(14)5-1-9(2-6-11)10-3-7-12(15,16)8-4-10/h1-8H,13-16H2/i1D,3D. The Balaban J connectivity index is 2.47. The van der Waals surface area contributed by atoms with E-state index in [-0.39, 0.29) is 12.1 Å². The molecule has 4 heteroatoms. The van der Waals surface area contributed by atoms with Gasteiger partial charge in [-0.05, 0) is 35.5 Å². The van der Waals surface area contributed by atoms with Crippen LogP contribution in [0.3, 0.4) is 0 Å². The van der Waals surface area contributed by atoms with E-state index in [2.05, 4.69) is 0 Å². The molecule has 0 fully saturated rings. The van der Waals surface area contributed by atoms with Gasteiger partial charge in [0.15, 0.2) is 0 Å². The van der Waals surface area contributed by atoms with Crippen molar-refractivity contribution in [1.29, 1.82) is 0 Å². The predicted molar refractivity (Wildman–Crippen MR) is 65.8 cm³/mol. The Morgan fingerprint density at radius 2 is 1.12 bits per heavy atom.